The van der Waals surface area contributed by atoms with Gasteiger partial charge in [0, 0.05) is 30.9 Å². The first-order chi connectivity index (χ1) is 7.88. The number of benzene rings is 1. The summed E-state index contributed by atoms with van der Waals surface area (Å²) in [5.74, 6) is 0.873. The number of hydrogen-bond donors (Lipinski definition) is 2. The van der Waals surface area contributed by atoms with Crippen molar-refractivity contribution in [3.63, 3.8) is 0 Å². The van der Waals surface area contributed by atoms with Crippen LogP contribution in [0, 0.1) is 0 Å². The minimum absolute atomic E-state index is 0.389. The number of rotatable bonds is 4. The summed E-state index contributed by atoms with van der Waals surface area (Å²) in [6.07, 6.45) is 0. The molecule has 1 aromatic carbocycles. The van der Waals surface area contributed by atoms with Crippen molar-refractivity contribution in [1.29, 1.82) is 0 Å². The van der Waals surface area contributed by atoms with E-state index >= 15 is 0 Å². The van der Waals surface area contributed by atoms with Crippen LogP contribution in [0.2, 0.25) is 0 Å². The average Bonchev–Trinajstić information content (AvgIpc) is 2.38. The van der Waals surface area contributed by atoms with Crippen LogP contribution in [0.15, 0.2) is 24.3 Å². The Hall–Kier alpha value is -1.26. The van der Waals surface area contributed by atoms with Crippen molar-refractivity contribution in [3.8, 4) is 5.75 Å². The van der Waals surface area contributed by atoms with Crippen molar-refractivity contribution in [3.05, 3.63) is 24.3 Å². The van der Waals surface area contributed by atoms with E-state index in [0.717, 1.165) is 37.7 Å². The molecule has 1 atom stereocenters. The molecule has 1 heterocycles. The van der Waals surface area contributed by atoms with Gasteiger partial charge in [0.1, 0.15) is 5.75 Å². The van der Waals surface area contributed by atoms with Crippen molar-refractivity contribution in [2.45, 2.75) is 6.04 Å². The SMILES string of the molecule is COc1cccc(NC[C@@H]2COCCN2)c1. The van der Waals surface area contributed by atoms with Crippen LogP contribution in [0.5, 0.6) is 5.75 Å². The van der Waals surface area contributed by atoms with E-state index in [0.29, 0.717) is 6.04 Å². The van der Waals surface area contributed by atoms with Crippen LogP contribution in [-0.4, -0.2) is 39.5 Å². The standard InChI is InChI=1S/C12H18N2O2/c1-15-12-4-2-3-10(7-12)14-8-11-9-16-6-5-13-11/h2-4,7,11,13-14H,5-6,8-9H2,1H3/t11-/m1/s1. The Morgan fingerprint density at radius 1 is 1.56 bits per heavy atom. The van der Waals surface area contributed by atoms with Crippen LogP contribution in [-0.2, 0) is 4.74 Å². The highest BCUT2D eigenvalue weighted by Gasteiger charge is 2.12. The van der Waals surface area contributed by atoms with Crippen LogP contribution in [0.4, 0.5) is 5.69 Å². The Kier molecular flexibility index (Phi) is 4.02. The third-order valence-electron chi connectivity index (χ3n) is 2.62. The maximum Gasteiger partial charge on any atom is 0.120 e. The van der Waals surface area contributed by atoms with Crippen molar-refractivity contribution in [1.82, 2.24) is 5.32 Å². The quantitative estimate of drug-likeness (QED) is 0.800. The van der Waals surface area contributed by atoms with Gasteiger partial charge in [-0.15, -0.1) is 0 Å². The second-order valence-corrected chi connectivity index (χ2v) is 3.84. The van der Waals surface area contributed by atoms with Gasteiger partial charge in [-0.3, -0.25) is 0 Å². The fourth-order valence-electron chi connectivity index (χ4n) is 1.72. The van der Waals surface area contributed by atoms with Gasteiger partial charge in [0.2, 0.25) is 0 Å². The number of methoxy groups -OCH3 is 1. The van der Waals surface area contributed by atoms with E-state index in [-0.39, 0.29) is 0 Å². The molecule has 0 spiro atoms. The third-order valence-corrected chi connectivity index (χ3v) is 2.62. The van der Waals surface area contributed by atoms with Gasteiger partial charge in [0.15, 0.2) is 0 Å². The van der Waals surface area contributed by atoms with Crippen LogP contribution in [0.1, 0.15) is 0 Å². The molecule has 1 aliphatic rings. The van der Waals surface area contributed by atoms with Gasteiger partial charge in [0.05, 0.1) is 20.3 Å². The molecule has 88 valence electrons. The smallest absolute Gasteiger partial charge is 0.120 e. The Balaban J connectivity index is 1.83. The topological polar surface area (TPSA) is 42.5 Å². The van der Waals surface area contributed by atoms with E-state index in [1.807, 2.05) is 24.3 Å². The zero-order valence-corrected chi connectivity index (χ0v) is 9.53. The fourth-order valence-corrected chi connectivity index (χ4v) is 1.72. The Bertz CT molecular complexity index is 325. The molecule has 1 aromatic rings. The summed E-state index contributed by atoms with van der Waals surface area (Å²) in [7, 11) is 1.68. The molecule has 1 fully saturated rings. The summed E-state index contributed by atoms with van der Waals surface area (Å²) in [5, 5.41) is 6.77. The van der Waals surface area contributed by atoms with E-state index < -0.39 is 0 Å². The molecule has 4 heteroatoms. The summed E-state index contributed by atoms with van der Waals surface area (Å²) in [4.78, 5) is 0. The molecule has 0 aromatic heterocycles. The highest BCUT2D eigenvalue weighted by Crippen LogP contribution is 2.16. The summed E-state index contributed by atoms with van der Waals surface area (Å²) >= 11 is 0. The lowest BCUT2D eigenvalue weighted by molar-refractivity contribution is 0.0806. The molecule has 0 amide bonds. The molecule has 1 aliphatic heterocycles. The largest absolute Gasteiger partial charge is 0.497 e. The van der Waals surface area contributed by atoms with Gasteiger partial charge in [-0.1, -0.05) is 6.07 Å². The monoisotopic (exact) mass is 222 g/mol. The summed E-state index contributed by atoms with van der Waals surface area (Å²) in [5.41, 5.74) is 1.08. The van der Waals surface area contributed by atoms with Crippen molar-refractivity contribution < 1.29 is 9.47 Å². The van der Waals surface area contributed by atoms with Crippen molar-refractivity contribution in [2.24, 2.45) is 0 Å². The third kappa shape index (κ3) is 3.12. The molecule has 0 bridgehead atoms. The van der Waals surface area contributed by atoms with E-state index in [1.54, 1.807) is 7.11 Å². The average molecular weight is 222 g/mol. The highest BCUT2D eigenvalue weighted by atomic mass is 16.5. The molecule has 2 rings (SSSR count). The molecule has 0 aliphatic carbocycles. The minimum atomic E-state index is 0.389. The molecule has 16 heavy (non-hydrogen) atoms. The normalized spacial score (nSPS) is 20.4. The van der Waals surface area contributed by atoms with Crippen LogP contribution < -0.4 is 15.4 Å². The predicted molar refractivity (Wildman–Crippen MR) is 64.1 cm³/mol. The Labute approximate surface area is 95.9 Å². The van der Waals surface area contributed by atoms with Gasteiger partial charge < -0.3 is 20.1 Å². The van der Waals surface area contributed by atoms with Crippen LogP contribution >= 0.6 is 0 Å². The molecule has 0 saturated carbocycles. The van der Waals surface area contributed by atoms with Gasteiger partial charge in [-0.2, -0.15) is 0 Å². The van der Waals surface area contributed by atoms with E-state index in [1.165, 1.54) is 0 Å². The number of morpholine rings is 1. The minimum Gasteiger partial charge on any atom is -0.497 e. The van der Waals surface area contributed by atoms with Crippen LogP contribution in [0.3, 0.4) is 0 Å². The van der Waals surface area contributed by atoms with E-state index in [4.69, 9.17) is 9.47 Å². The zero-order chi connectivity index (χ0) is 11.2. The molecule has 0 radical (unpaired) electrons. The zero-order valence-electron chi connectivity index (χ0n) is 9.53. The van der Waals surface area contributed by atoms with Gasteiger partial charge in [-0.25, -0.2) is 0 Å². The lowest BCUT2D eigenvalue weighted by Crippen LogP contribution is -2.45. The van der Waals surface area contributed by atoms with Crippen molar-refractivity contribution in [2.75, 3.05) is 38.7 Å². The lowest BCUT2D eigenvalue weighted by atomic mass is 10.2. The Morgan fingerprint density at radius 2 is 2.50 bits per heavy atom. The maximum atomic E-state index is 5.39. The first-order valence-corrected chi connectivity index (χ1v) is 5.57. The van der Waals surface area contributed by atoms with Crippen molar-refractivity contribution >= 4 is 5.69 Å². The first-order valence-electron chi connectivity index (χ1n) is 5.57. The number of anilines is 1. The number of nitrogens with one attached hydrogen (secondary N) is 2. The molecule has 2 N–H and O–H groups in total. The molecule has 1 saturated heterocycles. The predicted octanol–water partition coefficient (Wildman–Crippen LogP) is 1.10. The second kappa shape index (κ2) is 5.72. The molecular weight excluding hydrogens is 204 g/mol. The highest BCUT2D eigenvalue weighted by molar-refractivity contribution is 5.48. The Morgan fingerprint density at radius 3 is 3.25 bits per heavy atom. The van der Waals surface area contributed by atoms with E-state index in [9.17, 15) is 0 Å². The van der Waals surface area contributed by atoms with Gasteiger partial charge >= 0.3 is 0 Å². The molecular formula is C12H18N2O2. The fraction of sp³-hybridized carbons (Fsp3) is 0.500. The lowest BCUT2D eigenvalue weighted by Gasteiger charge is -2.24. The molecule has 4 nitrogen and oxygen atoms in total. The number of ether oxygens (including phenoxy) is 2. The summed E-state index contributed by atoms with van der Waals surface area (Å²) in [6.45, 7) is 3.39. The van der Waals surface area contributed by atoms with Gasteiger partial charge in [-0.05, 0) is 12.1 Å². The maximum absolute atomic E-state index is 5.39. The van der Waals surface area contributed by atoms with E-state index in [2.05, 4.69) is 10.6 Å². The molecule has 0 unspecified atom stereocenters. The second-order valence-electron chi connectivity index (χ2n) is 3.84. The summed E-state index contributed by atoms with van der Waals surface area (Å²) in [6, 6.07) is 8.33. The van der Waals surface area contributed by atoms with Crippen LogP contribution in [0.25, 0.3) is 0 Å². The number of hydrogen-bond acceptors (Lipinski definition) is 4. The summed E-state index contributed by atoms with van der Waals surface area (Å²) < 4.78 is 10.6. The first kappa shape index (κ1) is 11.2. The van der Waals surface area contributed by atoms with Gasteiger partial charge in [0.25, 0.3) is 0 Å².